The maximum atomic E-state index is 12.2. The van der Waals surface area contributed by atoms with Crippen LogP contribution in [0.2, 0.25) is 0 Å². The molecule has 6 heteroatoms. The first-order valence-electron chi connectivity index (χ1n) is 7.43. The predicted molar refractivity (Wildman–Crippen MR) is 89.5 cm³/mol. The normalized spacial score (nSPS) is 11.4. The molecule has 1 amide bonds. The van der Waals surface area contributed by atoms with Gasteiger partial charge in [0, 0.05) is 11.8 Å². The molecule has 24 heavy (non-hydrogen) atoms. The fourth-order valence-corrected chi connectivity index (χ4v) is 2.00. The quantitative estimate of drug-likeness (QED) is 0.816. The van der Waals surface area contributed by atoms with Gasteiger partial charge in [0.2, 0.25) is 0 Å². The number of anilines is 1. The highest BCUT2D eigenvalue weighted by molar-refractivity contribution is 5.94. The molecule has 6 nitrogen and oxygen atoms in total. The average molecular weight is 329 g/mol. The van der Waals surface area contributed by atoms with Crippen molar-refractivity contribution in [2.45, 2.75) is 20.0 Å². The van der Waals surface area contributed by atoms with E-state index in [0.29, 0.717) is 17.2 Å². The van der Waals surface area contributed by atoms with Crippen molar-refractivity contribution < 1.29 is 24.2 Å². The Balaban J connectivity index is 1.95. The Morgan fingerprint density at radius 3 is 2.54 bits per heavy atom. The summed E-state index contributed by atoms with van der Waals surface area (Å²) >= 11 is 0. The maximum Gasteiger partial charge on any atom is 0.341 e. The van der Waals surface area contributed by atoms with E-state index in [0.717, 1.165) is 5.56 Å². The van der Waals surface area contributed by atoms with Gasteiger partial charge in [0.15, 0.2) is 12.7 Å². The number of hydrogen-bond donors (Lipinski definition) is 2. The van der Waals surface area contributed by atoms with E-state index in [1.165, 1.54) is 0 Å². The molecule has 2 rings (SSSR count). The van der Waals surface area contributed by atoms with Gasteiger partial charge in [0.05, 0.1) is 0 Å². The Morgan fingerprint density at radius 2 is 1.83 bits per heavy atom. The van der Waals surface area contributed by atoms with Crippen molar-refractivity contribution in [3.63, 3.8) is 0 Å². The van der Waals surface area contributed by atoms with Crippen molar-refractivity contribution in [1.29, 1.82) is 0 Å². The molecule has 0 heterocycles. The lowest BCUT2D eigenvalue weighted by Crippen LogP contribution is -2.30. The molecule has 0 fully saturated rings. The number of nitrogens with one attached hydrogen (secondary N) is 1. The largest absolute Gasteiger partial charge is 0.482 e. The molecule has 0 aliphatic carbocycles. The van der Waals surface area contributed by atoms with E-state index in [9.17, 15) is 9.59 Å². The molecule has 0 spiro atoms. The van der Waals surface area contributed by atoms with Crippen molar-refractivity contribution in [1.82, 2.24) is 0 Å². The first-order valence-corrected chi connectivity index (χ1v) is 7.43. The number of carboxylic acids is 1. The van der Waals surface area contributed by atoms with Gasteiger partial charge >= 0.3 is 5.97 Å². The number of amides is 1. The van der Waals surface area contributed by atoms with Crippen LogP contribution in [-0.2, 0) is 9.59 Å². The zero-order valence-corrected chi connectivity index (χ0v) is 13.5. The molecule has 2 aromatic carbocycles. The Bertz CT molecular complexity index is 729. The van der Waals surface area contributed by atoms with Crippen LogP contribution in [0.5, 0.6) is 11.5 Å². The van der Waals surface area contributed by atoms with Crippen molar-refractivity contribution in [2.75, 3.05) is 11.9 Å². The Morgan fingerprint density at radius 1 is 1.12 bits per heavy atom. The van der Waals surface area contributed by atoms with E-state index < -0.39 is 18.7 Å². The molecule has 0 aliphatic rings. The molecule has 0 aliphatic heterocycles. The summed E-state index contributed by atoms with van der Waals surface area (Å²) in [4.78, 5) is 22.7. The van der Waals surface area contributed by atoms with Crippen molar-refractivity contribution in [3.05, 3.63) is 54.1 Å². The second-order valence-corrected chi connectivity index (χ2v) is 5.28. The maximum absolute atomic E-state index is 12.2. The first-order chi connectivity index (χ1) is 11.4. The first kappa shape index (κ1) is 17.3. The Labute approximate surface area is 140 Å². The van der Waals surface area contributed by atoms with E-state index in [-0.39, 0.29) is 5.91 Å². The van der Waals surface area contributed by atoms with Gasteiger partial charge in [-0.3, -0.25) is 4.79 Å². The average Bonchev–Trinajstić information content (AvgIpc) is 2.53. The number of hydrogen-bond acceptors (Lipinski definition) is 4. The summed E-state index contributed by atoms with van der Waals surface area (Å²) in [7, 11) is 0. The van der Waals surface area contributed by atoms with Crippen LogP contribution in [0.25, 0.3) is 0 Å². The van der Waals surface area contributed by atoms with E-state index in [4.69, 9.17) is 14.6 Å². The summed E-state index contributed by atoms with van der Waals surface area (Å²) in [6.45, 7) is 3.16. The lowest BCUT2D eigenvalue weighted by molar-refractivity contribution is -0.139. The highest BCUT2D eigenvalue weighted by Crippen LogP contribution is 2.19. The minimum atomic E-state index is -1.07. The number of carbonyl (C=O) groups is 2. The third kappa shape index (κ3) is 5.31. The van der Waals surface area contributed by atoms with Crippen LogP contribution in [0.15, 0.2) is 48.5 Å². The van der Waals surface area contributed by atoms with Gasteiger partial charge < -0.3 is 19.9 Å². The summed E-state index contributed by atoms with van der Waals surface area (Å²) in [6.07, 6.45) is -0.685. The molecule has 0 unspecified atom stereocenters. The highest BCUT2D eigenvalue weighted by Gasteiger charge is 2.15. The zero-order valence-electron chi connectivity index (χ0n) is 13.5. The molecule has 1 atom stereocenters. The van der Waals surface area contributed by atoms with Crippen LogP contribution in [-0.4, -0.2) is 29.7 Å². The minimum absolute atomic E-state index is 0.313. The molecule has 0 saturated carbocycles. The van der Waals surface area contributed by atoms with E-state index in [1.807, 2.05) is 25.1 Å². The van der Waals surface area contributed by atoms with E-state index in [1.54, 1.807) is 37.3 Å². The van der Waals surface area contributed by atoms with E-state index >= 15 is 0 Å². The molecule has 126 valence electrons. The standard InChI is InChI=1S/C18H19NO5/c1-12-5-3-8-16(9-12)24-13(2)18(22)19-14-6-4-7-15(10-14)23-11-17(20)21/h3-10,13H,11H2,1-2H3,(H,19,22)(H,20,21)/t13-/m0/s1. The molecule has 2 aromatic rings. The van der Waals surface area contributed by atoms with Crippen LogP contribution < -0.4 is 14.8 Å². The van der Waals surface area contributed by atoms with Gasteiger partial charge in [0.1, 0.15) is 11.5 Å². The lowest BCUT2D eigenvalue weighted by atomic mass is 10.2. The highest BCUT2D eigenvalue weighted by atomic mass is 16.5. The number of ether oxygens (including phenoxy) is 2. The van der Waals surface area contributed by atoms with Gasteiger partial charge in [-0.25, -0.2) is 4.79 Å². The Hall–Kier alpha value is -3.02. The summed E-state index contributed by atoms with van der Waals surface area (Å²) in [6, 6.07) is 14.0. The van der Waals surface area contributed by atoms with Crippen LogP contribution in [0.4, 0.5) is 5.69 Å². The number of aryl methyl sites for hydroxylation is 1. The summed E-state index contributed by atoms with van der Waals surface area (Å²) in [5.41, 5.74) is 1.55. The SMILES string of the molecule is Cc1cccc(O[C@@H](C)C(=O)Nc2cccc(OCC(=O)O)c2)c1. The molecular weight excluding hydrogens is 310 g/mol. The second kappa shape index (κ2) is 8.01. The molecule has 0 bridgehead atoms. The number of rotatable bonds is 7. The van der Waals surface area contributed by atoms with E-state index in [2.05, 4.69) is 5.32 Å². The van der Waals surface area contributed by atoms with Gasteiger partial charge in [-0.2, -0.15) is 0 Å². The van der Waals surface area contributed by atoms with Crippen LogP contribution in [0, 0.1) is 6.92 Å². The number of aliphatic carboxylic acids is 1. The van der Waals surface area contributed by atoms with Crippen molar-refractivity contribution >= 4 is 17.6 Å². The van der Waals surface area contributed by atoms with Crippen molar-refractivity contribution in [3.8, 4) is 11.5 Å². The number of carbonyl (C=O) groups excluding carboxylic acids is 1. The zero-order chi connectivity index (χ0) is 17.5. The fraction of sp³-hybridized carbons (Fsp3) is 0.222. The van der Waals surface area contributed by atoms with Gasteiger partial charge in [-0.05, 0) is 43.7 Å². The molecule has 0 aromatic heterocycles. The minimum Gasteiger partial charge on any atom is -0.482 e. The summed E-state index contributed by atoms with van der Waals surface area (Å²) in [5, 5.41) is 11.3. The monoisotopic (exact) mass is 329 g/mol. The third-order valence-corrected chi connectivity index (χ3v) is 3.14. The summed E-state index contributed by atoms with van der Waals surface area (Å²) < 4.78 is 10.7. The fourth-order valence-electron chi connectivity index (χ4n) is 2.00. The van der Waals surface area contributed by atoms with Crippen LogP contribution in [0.1, 0.15) is 12.5 Å². The Kier molecular flexibility index (Phi) is 5.78. The van der Waals surface area contributed by atoms with Gasteiger partial charge in [-0.1, -0.05) is 18.2 Å². The molecule has 2 N–H and O–H groups in total. The smallest absolute Gasteiger partial charge is 0.341 e. The van der Waals surface area contributed by atoms with Gasteiger partial charge in [0.25, 0.3) is 5.91 Å². The lowest BCUT2D eigenvalue weighted by Gasteiger charge is -2.15. The predicted octanol–water partition coefficient (Wildman–Crippen LogP) is 2.86. The third-order valence-electron chi connectivity index (χ3n) is 3.14. The number of benzene rings is 2. The number of carboxylic acid groups (broad SMARTS) is 1. The second-order valence-electron chi connectivity index (χ2n) is 5.28. The molecule has 0 radical (unpaired) electrons. The molecule has 0 saturated heterocycles. The summed E-state index contributed by atoms with van der Waals surface area (Å²) in [5.74, 6) is -0.393. The van der Waals surface area contributed by atoms with Crippen LogP contribution in [0.3, 0.4) is 0 Å². The van der Waals surface area contributed by atoms with Crippen molar-refractivity contribution in [2.24, 2.45) is 0 Å². The van der Waals surface area contributed by atoms with Gasteiger partial charge in [-0.15, -0.1) is 0 Å². The topological polar surface area (TPSA) is 84.9 Å². The molecular formula is C18H19NO5. The van der Waals surface area contributed by atoms with Crippen LogP contribution >= 0.6 is 0 Å².